The second-order valence-electron chi connectivity index (χ2n) is 21.9. The summed E-state index contributed by atoms with van der Waals surface area (Å²) in [5.41, 5.74) is 2.95. The predicted octanol–water partition coefficient (Wildman–Crippen LogP) is 13.8. The molecule has 0 bridgehead atoms. The molecule has 0 saturated heterocycles. The highest BCUT2D eigenvalue weighted by Gasteiger charge is 2.49. The van der Waals surface area contributed by atoms with E-state index in [1.807, 2.05) is 0 Å². The van der Waals surface area contributed by atoms with Gasteiger partial charge in [0.2, 0.25) is 0 Å². The molecule has 0 rings (SSSR count). The van der Waals surface area contributed by atoms with Crippen molar-refractivity contribution >= 4 is 0 Å². The molecule has 0 heteroatoms. The molecule has 0 aromatic carbocycles. The maximum Gasteiger partial charge on any atom is -0.0277 e. The van der Waals surface area contributed by atoms with Gasteiger partial charge in [0.05, 0.1) is 0 Å². The van der Waals surface area contributed by atoms with Crippen molar-refractivity contribution in [1.29, 1.82) is 0 Å². The summed E-state index contributed by atoms with van der Waals surface area (Å²) in [7, 11) is 0. The van der Waals surface area contributed by atoms with Gasteiger partial charge in [0, 0.05) is 0 Å². The van der Waals surface area contributed by atoms with E-state index in [1.165, 1.54) is 57.8 Å². The Morgan fingerprint density at radius 2 is 0.421 bits per heavy atom. The molecule has 0 heterocycles. The minimum absolute atomic E-state index is 0.323. The van der Waals surface area contributed by atoms with Gasteiger partial charge in [-0.2, -0.15) is 0 Å². The molecule has 0 amide bonds. The van der Waals surface area contributed by atoms with E-state index in [1.54, 1.807) is 0 Å². The fourth-order valence-electron chi connectivity index (χ4n) is 9.62. The van der Waals surface area contributed by atoms with Gasteiger partial charge in [-0.1, -0.05) is 145 Å². The van der Waals surface area contributed by atoms with Gasteiger partial charge in [-0.15, -0.1) is 0 Å². The molecule has 0 aliphatic carbocycles. The average molecular weight is 535 g/mol. The summed E-state index contributed by atoms with van der Waals surface area (Å²) in [6.07, 6.45) is 11.9. The highest BCUT2D eigenvalue weighted by molar-refractivity contribution is 5.00. The van der Waals surface area contributed by atoms with Crippen LogP contribution in [0.2, 0.25) is 0 Å². The van der Waals surface area contributed by atoms with E-state index in [-0.39, 0.29) is 0 Å². The van der Waals surface area contributed by atoms with E-state index in [4.69, 9.17) is 0 Å². The maximum absolute atomic E-state index is 2.69. The van der Waals surface area contributed by atoms with Gasteiger partial charge in [-0.3, -0.25) is 0 Å². The Hall–Kier alpha value is 0. The molecule has 0 atom stereocenters. The topological polar surface area (TPSA) is 0 Å². The van der Waals surface area contributed by atoms with E-state index in [9.17, 15) is 0 Å². The van der Waals surface area contributed by atoms with Crippen LogP contribution in [-0.2, 0) is 0 Å². The fourth-order valence-corrected chi connectivity index (χ4v) is 9.62. The van der Waals surface area contributed by atoms with Crippen molar-refractivity contribution in [1.82, 2.24) is 0 Å². The maximum atomic E-state index is 2.69. The van der Waals surface area contributed by atoms with E-state index in [0.717, 1.165) is 0 Å². The van der Waals surface area contributed by atoms with Crippen molar-refractivity contribution in [3.05, 3.63) is 0 Å². The van der Waals surface area contributed by atoms with Crippen LogP contribution >= 0.6 is 0 Å². The molecule has 0 saturated carbocycles. The summed E-state index contributed by atoms with van der Waals surface area (Å²) in [6.45, 7) is 49.9. The molecule has 0 nitrogen and oxygen atoms in total. The van der Waals surface area contributed by atoms with E-state index >= 15 is 0 Å². The molecule has 38 heavy (non-hydrogen) atoms. The highest BCUT2D eigenvalue weighted by atomic mass is 14.5. The highest BCUT2D eigenvalue weighted by Crippen LogP contribution is 2.60. The largest absolute Gasteiger partial charge is 0.0649 e. The molecule has 0 aromatic heterocycles. The third-order valence-corrected chi connectivity index (χ3v) is 7.89. The number of hydrogen-bond acceptors (Lipinski definition) is 0. The van der Waals surface area contributed by atoms with Crippen LogP contribution in [0.4, 0.5) is 0 Å². The van der Waals surface area contributed by atoms with Crippen LogP contribution in [-0.4, -0.2) is 0 Å². The summed E-state index contributed by atoms with van der Waals surface area (Å²) < 4.78 is 0. The molecular weight excluding hydrogens is 456 g/mol. The molecule has 230 valence electrons. The molecule has 0 N–H and O–H groups in total. The second kappa shape index (κ2) is 12.1. The Morgan fingerprint density at radius 1 is 0.263 bits per heavy atom. The number of rotatable bonds is 11. The molecule has 0 fully saturated rings. The standard InChI is InChI=1S/C38H78/c1-21-36(20,28-37(22-30(2,3)4,23-31(5,6)7)24-32(8,9)10)29-38(25-33(11,12)13,26-34(14,15)16)27-35(17,18)19/h21-29H2,1-20H3. The van der Waals surface area contributed by atoms with Crippen molar-refractivity contribution in [2.45, 2.75) is 196 Å². The van der Waals surface area contributed by atoms with Crippen LogP contribution in [0.5, 0.6) is 0 Å². The van der Waals surface area contributed by atoms with E-state index in [0.29, 0.717) is 48.7 Å². The fraction of sp³-hybridized carbons (Fsp3) is 1.00. The lowest BCUT2D eigenvalue weighted by Crippen LogP contribution is -2.43. The van der Waals surface area contributed by atoms with Gasteiger partial charge in [0.1, 0.15) is 0 Å². The van der Waals surface area contributed by atoms with Crippen LogP contribution in [0, 0.1) is 48.7 Å². The number of hydrogen-bond donors (Lipinski definition) is 0. The lowest BCUT2D eigenvalue weighted by atomic mass is 9.51. The first kappa shape index (κ1) is 38.0. The van der Waals surface area contributed by atoms with Gasteiger partial charge in [-0.05, 0) is 100 Å². The molecule has 0 aliphatic rings. The lowest BCUT2D eigenvalue weighted by Gasteiger charge is -2.54. The quantitative estimate of drug-likeness (QED) is 0.247. The van der Waals surface area contributed by atoms with Crippen molar-refractivity contribution in [3.8, 4) is 0 Å². The minimum Gasteiger partial charge on any atom is -0.0649 e. The third kappa shape index (κ3) is 17.0. The Bertz CT molecular complexity index is 550. The zero-order valence-electron chi connectivity index (χ0n) is 30.9. The van der Waals surface area contributed by atoms with Crippen molar-refractivity contribution in [2.75, 3.05) is 0 Å². The molecule has 0 spiro atoms. The Balaban J connectivity index is 7.08. The van der Waals surface area contributed by atoms with Crippen LogP contribution in [0.1, 0.15) is 196 Å². The zero-order chi connectivity index (χ0) is 30.9. The lowest BCUT2D eigenvalue weighted by molar-refractivity contribution is -0.0345. The SMILES string of the molecule is CCC(C)(CC(CC(C)(C)C)(CC(C)(C)C)CC(C)(C)C)CC(CC(C)(C)C)(CC(C)(C)C)CC(C)(C)C. The van der Waals surface area contributed by atoms with E-state index in [2.05, 4.69) is 138 Å². The van der Waals surface area contributed by atoms with Gasteiger partial charge in [0.25, 0.3) is 0 Å². The Labute approximate surface area is 244 Å². The molecular formula is C38H78. The van der Waals surface area contributed by atoms with E-state index < -0.39 is 0 Å². The van der Waals surface area contributed by atoms with Crippen LogP contribution < -0.4 is 0 Å². The Morgan fingerprint density at radius 3 is 0.526 bits per heavy atom. The molecule has 0 unspecified atom stereocenters. The summed E-state index contributed by atoms with van der Waals surface area (Å²) in [4.78, 5) is 0. The summed E-state index contributed by atoms with van der Waals surface area (Å²) >= 11 is 0. The second-order valence-corrected chi connectivity index (χ2v) is 21.9. The first-order valence-electron chi connectivity index (χ1n) is 16.2. The Kier molecular flexibility index (Phi) is 12.1. The van der Waals surface area contributed by atoms with Gasteiger partial charge < -0.3 is 0 Å². The molecule has 0 aromatic rings. The first-order chi connectivity index (χ1) is 16.2. The predicted molar refractivity (Wildman–Crippen MR) is 177 cm³/mol. The first-order valence-corrected chi connectivity index (χ1v) is 16.2. The average Bonchev–Trinajstić information content (AvgIpc) is 2.42. The van der Waals surface area contributed by atoms with Crippen molar-refractivity contribution in [3.63, 3.8) is 0 Å². The molecule has 0 aliphatic heterocycles. The minimum atomic E-state index is 0.323. The van der Waals surface area contributed by atoms with Crippen molar-refractivity contribution < 1.29 is 0 Å². The molecule has 0 radical (unpaired) electrons. The zero-order valence-corrected chi connectivity index (χ0v) is 30.9. The third-order valence-electron chi connectivity index (χ3n) is 7.89. The summed E-state index contributed by atoms with van der Waals surface area (Å²) in [5.74, 6) is 0. The van der Waals surface area contributed by atoms with Crippen LogP contribution in [0.25, 0.3) is 0 Å². The van der Waals surface area contributed by atoms with Gasteiger partial charge in [-0.25, -0.2) is 0 Å². The smallest absolute Gasteiger partial charge is 0.0277 e. The van der Waals surface area contributed by atoms with Crippen LogP contribution in [0.3, 0.4) is 0 Å². The van der Waals surface area contributed by atoms with Crippen LogP contribution in [0.15, 0.2) is 0 Å². The summed E-state index contributed by atoms with van der Waals surface area (Å²) in [6, 6.07) is 0. The summed E-state index contributed by atoms with van der Waals surface area (Å²) in [5, 5.41) is 0. The van der Waals surface area contributed by atoms with Gasteiger partial charge in [0.15, 0.2) is 0 Å². The van der Waals surface area contributed by atoms with Gasteiger partial charge >= 0.3 is 0 Å². The normalized spacial score (nSPS) is 15.8. The monoisotopic (exact) mass is 535 g/mol. The van der Waals surface area contributed by atoms with Crippen molar-refractivity contribution in [2.24, 2.45) is 48.7 Å².